The Bertz CT molecular complexity index is 967. The third kappa shape index (κ3) is 5.24. The molecule has 1 amide bonds. The number of aromatic nitrogens is 1. The molecule has 1 unspecified atom stereocenters. The molecule has 0 aliphatic carbocycles. The molecule has 3 aromatic rings. The maximum Gasteiger partial charge on any atom is 0.266 e. The lowest BCUT2D eigenvalue weighted by Crippen LogP contribution is -2.36. The number of thiophene rings is 1. The van der Waals surface area contributed by atoms with Crippen molar-refractivity contribution in [3.63, 3.8) is 0 Å². The number of thiazole rings is 1. The van der Waals surface area contributed by atoms with Crippen LogP contribution in [0.25, 0.3) is 0 Å². The standard InChI is InChI=1S/C22H23FN2O3S2/c1-15-21(30-20(24-15)14-28-17-8-6-16(23)7-9-17)22(26)25(12-18-4-2-10-27-18)13-19-5-3-11-29-19/h3,5-9,11,18H,2,4,10,12-14H2,1H3. The predicted octanol–water partition coefficient (Wildman–Crippen LogP) is 5.05. The van der Waals surface area contributed by atoms with Crippen molar-refractivity contribution in [2.75, 3.05) is 13.2 Å². The molecular formula is C22H23FN2O3S2. The van der Waals surface area contributed by atoms with Crippen LogP contribution in [0.15, 0.2) is 41.8 Å². The normalized spacial score (nSPS) is 16.0. The average molecular weight is 447 g/mol. The van der Waals surface area contributed by atoms with Crippen molar-refractivity contribution in [1.82, 2.24) is 9.88 Å². The first-order valence-electron chi connectivity index (χ1n) is 9.86. The van der Waals surface area contributed by atoms with Gasteiger partial charge in [-0.25, -0.2) is 9.37 Å². The van der Waals surface area contributed by atoms with Gasteiger partial charge in [-0.05, 0) is 55.5 Å². The average Bonchev–Trinajstić information content (AvgIpc) is 3.49. The van der Waals surface area contributed by atoms with Crippen LogP contribution >= 0.6 is 22.7 Å². The van der Waals surface area contributed by atoms with Gasteiger partial charge in [-0.15, -0.1) is 22.7 Å². The fraction of sp³-hybridized carbons (Fsp3) is 0.364. The molecule has 0 spiro atoms. The molecule has 8 heteroatoms. The molecular weight excluding hydrogens is 423 g/mol. The zero-order valence-electron chi connectivity index (χ0n) is 16.7. The van der Waals surface area contributed by atoms with Crippen LogP contribution in [0.3, 0.4) is 0 Å². The Kier molecular flexibility index (Phi) is 6.76. The number of benzene rings is 1. The van der Waals surface area contributed by atoms with E-state index in [9.17, 15) is 9.18 Å². The first-order chi connectivity index (χ1) is 14.6. The monoisotopic (exact) mass is 446 g/mol. The van der Waals surface area contributed by atoms with Crippen LogP contribution in [0.4, 0.5) is 4.39 Å². The van der Waals surface area contributed by atoms with Crippen LogP contribution in [0.5, 0.6) is 5.75 Å². The Morgan fingerprint density at radius 1 is 1.33 bits per heavy atom. The lowest BCUT2D eigenvalue weighted by atomic mass is 10.2. The van der Waals surface area contributed by atoms with Crippen molar-refractivity contribution in [3.05, 3.63) is 68.1 Å². The molecule has 2 aromatic heterocycles. The molecule has 0 radical (unpaired) electrons. The summed E-state index contributed by atoms with van der Waals surface area (Å²) in [5, 5.41) is 2.74. The van der Waals surface area contributed by atoms with Crippen LogP contribution in [-0.2, 0) is 17.9 Å². The molecule has 0 saturated carbocycles. The molecule has 1 saturated heterocycles. The number of ether oxygens (including phenoxy) is 2. The third-order valence-electron chi connectivity index (χ3n) is 4.87. The summed E-state index contributed by atoms with van der Waals surface area (Å²) in [6.45, 7) is 3.99. The van der Waals surface area contributed by atoms with E-state index in [1.54, 1.807) is 23.5 Å². The van der Waals surface area contributed by atoms with Crippen LogP contribution in [0.1, 0.15) is 38.1 Å². The molecule has 30 heavy (non-hydrogen) atoms. The molecule has 158 valence electrons. The summed E-state index contributed by atoms with van der Waals surface area (Å²) < 4.78 is 24.5. The molecule has 5 nitrogen and oxygen atoms in total. The van der Waals surface area contributed by atoms with Gasteiger partial charge in [0.25, 0.3) is 5.91 Å². The zero-order valence-corrected chi connectivity index (χ0v) is 18.3. The summed E-state index contributed by atoms with van der Waals surface area (Å²) in [4.78, 5) is 21.5. The first-order valence-corrected chi connectivity index (χ1v) is 11.6. The van der Waals surface area contributed by atoms with E-state index in [-0.39, 0.29) is 24.4 Å². The molecule has 3 heterocycles. The number of carbonyl (C=O) groups excluding carboxylic acids is 1. The van der Waals surface area contributed by atoms with Crippen molar-refractivity contribution in [2.24, 2.45) is 0 Å². The summed E-state index contributed by atoms with van der Waals surface area (Å²) in [6, 6.07) is 9.90. The maximum absolute atomic E-state index is 13.4. The van der Waals surface area contributed by atoms with E-state index in [0.29, 0.717) is 34.4 Å². The number of rotatable bonds is 8. The largest absolute Gasteiger partial charge is 0.486 e. The van der Waals surface area contributed by atoms with E-state index in [0.717, 1.165) is 24.3 Å². The summed E-state index contributed by atoms with van der Waals surface area (Å²) in [5.74, 6) is 0.231. The highest BCUT2D eigenvalue weighted by Gasteiger charge is 2.26. The number of amides is 1. The lowest BCUT2D eigenvalue weighted by Gasteiger charge is -2.24. The molecule has 4 rings (SSSR count). The van der Waals surface area contributed by atoms with Gasteiger partial charge >= 0.3 is 0 Å². The Morgan fingerprint density at radius 3 is 2.87 bits per heavy atom. The van der Waals surface area contributed by atoms with E-state index in [1.807, 2.05) is 29.3 Å². The minimum Gasteiger partial charge on any atom is -0.486 e. The van der Waals surface area contributed by atoms with E-state index >= 15 is 0 Å². The number of halogens is 1. The summed E-state index contributed by atoms with van der Waals surface area (Å²) in [7, 11) is 0. The summed E-state index contributed by atoms with van der Waals surface area (Å²) in [5.41, 5.74) is 0.700. The highest BCUT2D eigenvalue weighted by molar-refractivity contribution is 7.13. The smallest absolute Gasteiger partial charge is 0.266 e. The second kappa shape index (κ2) is 9.68. The Hall–Kier alpha value is -2.29. The quantitative estimate of drug-likeness (QED) is 0.486. The van der Waals surface area contributed by atoms with Crippen LogP contribution < -0.4 is 4.74 Å². The van der Waals surface area contributed by atoms with Gasteiger partial charge in [0.1, 0.15) is 28.1 Å². The van der Waals surface area contributed by atoms with Gasteiger partial charge in [0.05, 0.1) is 18.3 Å². The second-order valence-corrected chi connectivity index (χ2v) is 9.28. The van der Waals surface area contributed by atoms with Gasteiger partial charge < -0.3 is 14.4 Å². The number of aryl methyl sites for hydroxylation is 1. The zero-order chi connectivity index (χ0) is 20.9. The molecule has 0 N–H and O–H groups in total. The minimum atomic E-state index is -0.308. The van der Waals surface area contributed by atoms with Gasteiger partial charge in [0, 0.05) is 18.0 Å². The molecule has 1 fully saturated rings. The van der Waals surface area contributed by atoms with Crippen LogP contribution in [0, 0.1) is 12.7 Å². The van der Waals surface area contributed by atoms with Crippen molar-refractivity contribution in [2.45, 2.75) is 39.0 Å². The summed E-state index contributed by atoms with van der Waals surface area (Å²) in [6.07, 6.45) is 2.10. The first kappa shape index (κ1) is 21.0. The highest BCUT2D eigenvalue weighted by atomic mass is 32.1. The van der Waals surface area contributed by atoms with Crippen molar-refractivity contribution in [3.8, 4) is 5.75 Å². The number of nitrogens with zero attached hydrogens (tertiary/aromatic N) is 2. The number of carbonyl (C=O) groups is 1. The van der Waals surface area contributed by atoms with E-state index in [1.165, 1.54) is 23.5 Å². The molecule has 1 atom stereocenters. The Morgan fingerprint density at radius 2 is 2.17 bits per heavy atom. The van der Waals surface area contributed by atoms with Gasteiger partial charge in [-0.2, -0.15) is 0 Å². The van der Waals surface area contributed by atoms with Crippen LogP contribution in [-0.4, -0.2) is 35.0 Å². The highest BCUT2D eigenvalue weighted by Crippen LogP contribution is 2.25. The van der Waals surface area contributed by atoms with Gasteiger partial charge in [-0.3, -0.25) is 4.79 Å². The van der Waals surface area contributed by atoms with Crippen LogP contribution in [0.2, 0.25) is 0 Å². The third-order valence-corrected chi connectivity index (χ3v) is 6.85. The maximum atomic E-state index is 13.4. The Balaban J connectivity index is 1.46. The van der Waals surface area contributed by atoms with E-state index in [2.05, 4.69) is 4.98 Å². The van der Waals surface area contributed by atoms with E-state index in [4.69, 9.17) is 9.47 Å². The fourth-order valence-electron chi connectivity index (χ4n) is 3.38. The lowest BCUT2D eigenvalue weighted by molar-refractivity contribution is 0.0512. The van der Waals surface area contributed by atoms with Gasteiger partial charge in [0.2, 0.25) is 0 Å². The minimum absolute atomic E-state index is 0.0260. The van der Waals surface area contributed by atoms with Crippen molar-refractivity contribution < 1.29 is 18.7 Å². The molecule has 0 bridgehead atoms. The van der Waals surface area contributed by atoms with Crippen molar-refractivity contribution >= 4 is 28.6 Å². The van der Waals surface area contributed by atoms with Crippen molar-refractivity contribution in [1.29, 1.82) is 0 Å². The van der Waals surface area contributed by atoms with E-state index < -0.39 is 0 Å². The summed E-state index contributed by atoms with van der Waals surface area (Å²) >= 11 is 2.99. The number of hydrogen-bond donors (Lipinski definition) is 0. The number of hydrogen-bond acceptors (Lipinski definition) is 6. The van der Waals surface area contributed by atoms with Gasteiger partial charge in [-0.1, -0.05) is 6.07 Å². The van der Waals surface area contributed by atoms with Gasteiger partial charge in [0.15, 0.2) is 0 Å². The molecule has 1 aromatic carbocycles. The SMILES string of the molecule is Cc1nc(COc2ccc(F)cc2)sc1C(=O)N(Cc1cccs1)CC1CCCO1. The Labute approximate surface area is 183 Å². The topological polar surface area (TPSA) is 51.7 Å². The predicted molar refractivity (Wildman–Crippen MR) is 116 cm³/mol. The molecule has 1 aliphatic heterocycles. The molecule has 1 aliphatic rings. The fourth-order valence-corrected chi connectivity index (χ4v) is 5.04. The second-order valence-electron chi connectivity index (χ2n) is 7.16.